The number of likely N-dealkylation sites (N-methyl/N-ethyl adjacent to an activating group) is 1. The third kappa shape index (κ3) is 6.21. The van der Waals surface area contributed by atoms with E-state index in [0.29, 0.717) is 32.1 Å². The summed E-state index contributed by atoms with van der Waals surface area (Å²) in [6.45, 7) is 8.84. The van der Waals surface area contributed by atoms with Crippen molar-refractivity contribution in [2.45, 2.75) is 32.7 Å². The molecule has 1 unspecified atom stereocenters. The molecule has 0 saturated carbocycles. The van der Waals surface area contributed by atoms with E-state index >= 15 is 0 Å². The van der Waals surface area contributed by atoms with Crippen LogP contribution >= 0.6 is 35.3 Å². The van der Waals surface area contributed by atoms with Crippen LogP contribution in [0.15, 0.2) is 12.1 Å². The standard InChI is InChI=1S/C21H29Cl2N3O5S/c1-3-5-16-20(27)26(32-25(16)4-2)14-31-21(28)18-15(22)6-7-17(19(18)23)30-13-10-24-8-11-29-12-9-24/h6-7,16H,3-5,8-14H2,1-2H3. The molecule has 0 aromatic heterocycles. The minimum Gasteiger partial charge on any atom is -0.491 e. The lowest BCUT2D eigenvalue weighted by molar-refractivity contribution is -0.130. The molecular weight excluding hydrogens is 477 g/mol. The Bertz CT molecular complexity index is 810. The van der Waals surface area contributed by atoms with Crippen LogP contribution in [0.25, 0.3) is 0 Å². The maximum absolute atomic E-state index is 12.8. The van der Waals surface area contributed by atoms with Gasteiger partial charge in [0.1, 0.15) is 24.0 Å². The number of hydrogen-bond donors (Lipinski definition) is 0. The Kier molecular flexibility index (Phi) is 9.76. The van der Waals surface area contributed by atoms with E-state index in [2.05, 4.69) is 4.90 Å². The number of rotatable bonds is 10. The predicted molar refractivity (Wildman–Crippen MR) is 125 cm³/mol. The van der Waals surface area contributed by atoms with Gasteiger partial charge in [0, 0.05) is 38.3 Å². The molecule has 2 heterocycles. The van der Waals surface area contributed by atoms with E-state index in [1.54, 1.807) is 12.1 Å². The lowest BCUT2D eigenvalue weighted by Crippen LogP contribution is -2.38. The van der Waals surface area contributed by atoms with Crippen LogP contribution in [0, 0.1) is 0 Å². The second kappa shape index (κ2) is 12.3. The van der Waals surface area contributed by atoms with Crippen molar-refractivity contribution in [2.24, 2.45) is 0 Å². The zero-order chi connectivity index (χ0) is 23.1. The molecule has 3 rings (SSSR count). The second-order valence-corrected chi connectivity index (χ2v) is 9.29. The summed E-state index contributed by atoms with van der Waals surface area (Å²) in [7, 11) is 0. The normalized spacial score (nSPS) is 20.1. The zero-order valence-electron chi connectivity index (χ0n) is 18.4. The van der Waals surface area contributed by atoms with Gasteiger partial charge in [0.2, 0.25) is 0 Å². The Morgan fingerprint density at radius 3 is 2.69 bits per heavy atom. The van der Waals surface area contributed by atoms with Crippen molar-refractivity contribution in [1.29, 1.82) is 0 Å². The fourth-order valence-electron chi connectivity index (χ4n) is 3.55. The lowest BCUT2D eigenvalue weighted by atomic mass is 10.1. The molecule has 2 fully saturated rings. The predicted octanol–water partition coefficient (Wildman–Crippen LogP) is 3.71. The van der Waals surface area contributed by atoms with Crippen LogP contribution in [0.3, 0.4) is 0 Å². The smallest absolute Gasteiger partial charge is 0.343 e. The summed E-state index contributed by atoms with van der Waals surface area (Å²) in [6, 6.07) is 2.98. The number of halogens is 2. The zero-order valence-corrected chi connectivity index (χ0v) is 20.7. The average Bonchev–Trinajstić information content (AvgIpc) is 3.09. The molecule has 0 radical (unpaired) electrons. The second-order valence-electron chi connectivity index (χ2n) is 7.43. The van der Waals surface area contributed by atoms with E-state index in [9.17, 15) is 9.59 Å². The van der Waals surface area contributed by atoms with E-state index in [-0.39, 0.29) is 34.3 Å². The van der Waals surface area contributed by atoms with Crippen LogP contribution in [0.1, 0.15) is 37.0 Å². The largest absolute Gasteiger partial charge is 0.491 e. The molecule has 1 aromatic carbocycles. The van der Waals surface area contributed by atoms with E-state index in [1.807, 2.05) is 18.2 Å². The maximum Gasteiger partial charge on any atom is 0.343 e. The van der Waals surface area contributed by atoms with Crippen molar-refractivity contribution in [1.82, 2.24) is 13.5 Å². The third-order valence-corrected chi connectivity index (χ3v) is 7.19. The maximum atomic E-state index is 12.8. The van der Waals surface area contributed by atoms with Gasteiger partial charge in [0.25, 0.3) is 5.91 Å². The van der Waals surface area contributed by atoms with E-state index in [0.717, 1.165) is 32.5 Å². The highest BCUT2D eigenvalue weighted by atomic mass is 35.5. The number of esters is 1. The summed E-state index contributed by atoms with van der Waals surface area (Å²) >= 11 is 13.9. The third-order valence-electron chi connectivity index (χ3n) is 5.30. The number of amides is 1. The van der Waals surface area contributed by atoms with Crippen LogP contribution < -0.4 is 4.74 Å². The van der Waals surface area contributed by atoms with Crippen LogP contribution in [-0.2, 0) is 14.3 Å². The van der Waals surface area contributed by atoms with Gasteiger partial charge in [-0.2, -0.15) is 0 Å². The van der Waals surface area contributed by atoms with Gasteiger partial charge >= 0.3 is 5.97 Å². The van der Waals surface area contributed by atoms with Gasteiger partial charge in [-0.1, -0.05) is 43.5 Å². The molecule has 8 nitrogen and oxygen atoms in total. The van der Waals surface area contributed by atoms with Crippen molar-refractivity contribution >= 4 is 47.2 Å². The molecule has 0 bridgehead atoms. The molecule has 2 aliphatic rings. The van der Waals surface area contributed by atoms with Gasteiger partial charge in [0.05, 0.1) is 23.3 Å². The Hall–Kier alpha value is -1.23. The fraction of sp³-hybridized carbons (Fsp3) is 0.619. The van der Waals surface area contributed by atoms with E-state index < -0.39 is 5.97 Å². The minimum absolute atomic E-state index is 0.0336. The number of morpholine rings is 1. The quantitative estimate of drug-likeness (QED) is 0.352. The fourth-order valence-corrected chi connectivity index (χ4v) is 5.11. The van der Waals surface area contributed by atoms with Crippen molar-refractivity contribution in [3.63, 3.8) is 0 Å². The molecule has 2 aliphatic heterocycles. The summed E-state index contributed by atoms with van der Waals surface area (Å²) in [6.07, 6.45) is 1.65. The number of carbonyl (C=O) groups is 2. The van der Waals surface area contributed by atoms with Crippen LogP contribution in [0.4, 0.5) is 0 Å². The lowest BCUT2D eigenvalue weighted by Gasteiger charge is -2.26. The van der Waals surface area contributed by atoms with Gasteiger partial charge in [-0.25, -0.2) is 13.4 Å². The van der Waals surface area contributed by atoms with Crippen LogP contribution in [0.2, 0.25) is 10.0 Å². The Labute approximate surface area is 203 Å². The van der Waals surface area contributed by atoms with Gasteiger partial charge < -0.3 is 14.2 Å². The van der Waals surface area contributed by atoms with Gasteiger partial charge in [-0.05, 0) is 18.6 Å². The highest BCUT2D eigenvalue weighted by Gasteiger charge is 2.39. The van der Waals surface area contributed by atoms with Crippen LogP contribution in [0.5, 0.6) is 5.75 Å². The molecule has 0 aliphatic carbocycles. The molecule has 0 spiro atoms. The first-order valence-corrected chi connectivity index (χ1v) is 12.3. The highest BCUT2D eigenvalue weighted by Crippen LogP contribution is 2.35. The number of carbonyl (C=O) groups excluding carboxylic acids is 2. The molecule has 2 saturated heterocycles. The number of nitrogens with zero attached hydrogens (tertiary/aromatic N) is 3. The van der Waals surface area contributed by atoms with Crippen molar-refractivity contribution in [3.05, 3.63) is 27.7 Å². The molecule has 1 atom stereocenters. The van der Waals surface area contributed by atoms with Gasteiger partial charge in [-0.3, -0.25) is 9.69 Å². The first-order valence-electron chi connectivity index (χ1n) is 10.8. The van der Waals surface area contributed by atoms with Gasteiger partial charge in [-0.15, -0.1) is 0 Å². The van der Waals surface area contributed by atoms with Crippen molar-refractivity contribution in [2.75, 3.05) is 52.7 Å². The van der Waals surface area contributed by atoms with Crippen molar-refractivity contribution in [3.8, 4) is 5.75 Å². The number of hydrogen-bond acceptors (Lipinski definition) is 8. The summed E-state index contributed by atoms with van der Waals surface area (Å²) in [4.78, 5) is 27.6. The first kappa shape index (κ1) is 25.4. The highest BCUT2D eigenvalue weighted by molar-refractivity contribution is 7.95. The SMILES string of the molecule is CCCC1C(=O)N(COC(=O)c2c(Cl)ccc(OCCN3CCOCC3)c2Cl)SN1CC. The molecular formula is C21H29Cl2N3O5S. The van der Waals surface area contributed by atoms with Crippen LogP contribution in [-0.4, -0.2) is 84.2 Å². The Morgan fingerprint density at radius 1 is 1.25 bits per heavy atom. The average molecular weight is 506 g/mol. The monoisotopic (exact) mass is 505 g/mol. The summed E-state index contributed by atoms with van der Waals surface area (Å²) in [5.41, 5.74) is 0.0336. The Morgan fingerprint density at radius 2 is 2.00 bits per heavy atom. The van der Waals surface area contributed by atoms with E-state index in [1.165, 1.54) is 16.4 Å². The van der Waals surface area contributed by atoms with Crippen molar-refractivity contribution < 1.29 is 23.8 Å². The Balaban J connectivity index is 1.58. The number of benzene rings is 1. The first-order chi connectivity index (χ1) is 15.5. The molecule has 1 aromatic rings. The topological polar surface area (TPSA) is 71.5 Å². The van der Waals surface area contributed by atoms with E-state index in [4.69, 9.17) is 37.4 Å². The number of ether oxygens (including phenoxy) is 3. The molecule has 11 heteroatoms. The molecule has 1 amide bonds. The molecule has 32 heavy (non-hydrogen) atoms. The molecule has 0 N–H and O–H groups in total. The van der Waals surface area contributed by atoms with Gasteiger partial charge in [0.15, 0.2) is 6.73 Å². The summed E-state index contributed by atoms with van der Waals surface area (Å²) in [5.74, 6) is -0.402. The minimum atomic E-state index is -0.700. The summed E-state index contributed by atoms with van der Waals surface area (Å²) < 4.78 is 20.0. The summed E-state index contributed by atoms with van der Waals surface area (Å²) in [5, 5.41) is 0.267. The molecule has 178 valence electrons.